The number of nitriles is 1. The molecule has 0 fully saturated rings. The SMILES string of the molecule is CCOc1cc(C)nc(-c2ccc(Cl)cc2Cl)c1C#N. The van der Waals surface area contributed by atoms with Gasteiger partial charge in [-0.2, -0.15) is 5.26 Å². The summed E-state index contributed by atoms with van der Waals surface area (Å²) in [6.07, 6.45) is 0. The maximum Gasteiger partial charge on any atom is 0.141 e. The molecule has 0 saturated heterocycles. The van der Waals surface area contributed by atoms with Crippen molar-refractivity contribution in [3.8, 4) is 23.1 Å². The highest BCUT2D eigenvalue weighted by Gasteiger charge is 2.16. The Morgan fingerprint density at radius 3 is 2.65 bits per heavy atom. The van der Waals surface area contributed by atoms with Crippen LogP contribution in [0.25, 0.3) is 11.3 Å². The van der Waals surface area contributed by atoms with Crippen LogP contribution >= 0.6 is 23.2 Å². The van der Waals surface area contributed by atoms with Crippen LogP contribution in [0, 0.1) is 18.3 Å². The highest BCUT2D eigenvalue weighted by molar-refractivity contribution is 6.36. The summed E-state index contributed by atoms with van der Waals surface area (Å²) in [5.41, 5.74) is 2.31. The molecule has 0 spiro atoms. The minimum atomic E-state index is 0.377. The van der Waals surface area contributed by atoms with Gasteiger partial charge in [-0.3, -0.25) is 4.98 Å². The summed E-state index contributed by atoms with van der Waals surface area (Å²) < 4.78 is 5.50. The zero-order valence-corrected chi connectivity index (χ0v) is 12.6. The summed E-state index contributed by atoms with van der Waals surface area (Å²) in [7, 11) is 0. The quantitative estimate of drug-likeness (QED) is 0.830. The van der Waals surface area contributed by atoms with E-state index in [-0.39, 0.29) is 0 Å². The Morgan fingerprint density at radius 1 is 1.30 bits per heavy atom. The molecule has 20 heavy (non-hydrogen) atoms. The highest BCUT2D eigenvalue weighted by Crippen LogP contribution is 2.34. The van der Waals surface area contributed by atoms with E-state index in [1.165, 1.54) is 0 Å². The van der Waals surface area contributed by atoms with E-state index in [9.17, 15) is 5.26 Å². The number of aromatic nitrogens is 1. The number of aryl methyl sites for hydroxylation is 1. The Morgan fingerprint density at radius 2 is 2.05 bits per heavy atom. The minimum Gasteiger partial charge on any atom is -0.492 e. The van der Waals surface area contributed by atoms with Gasteiger partial charge in [-0.15, -0.1) is 0 Å². The monoisotopic (exact) mass is 306 g/mol. The first-order chi connectivity index (χ1) is 9.56. The van der Waals surface area contributed by atoms with Gasteiger partial charge >= 0.3 is 0 Å². The zero-order chi connectivity index (χ0) is 14.7. The summed E-state index contributed by atoms with van der Waals surface area (Å²) in [5, 5.41) is 10.4. The summed E-state index contributed by atoms with van der Waals surface area (Å²) in [5.74, 6) is 0.517. The van der Waals surface area contributed by atoms with Crippen molar-refractivity contribution in [1.29, 1.82) is 5.26 Å². The number of nitrogens with zero attached hydrogens (tertiary/aromatic N) is 2. The molecule has 1 aromatic carbocycles. The van der Waals surface area contributed by atoms with Gasteiger partial charge in [-0.05, 0) is 32.0 Å². The topological polar surface area (TPSA) is 45.9 Å². The smallest absolute Gasteiger partial charge is 0.141 e. The summed E-state index contributed by atoms with van der Waals surface area (Å²) in [4.78, 5) is 4.42. The number of benzene rings is 1. The molecule has 0 aliphatic heterocycles. The lowest BCUT2D eigenvalue weighted by Gasteiger charge is -2.12. The molecule has 0 atom stereocenters. The lowest BCUT2D eigenvalue weighted by molar-refractivity contribution is 0.339. The number of hydrogen-bond acceptors (Lipinski definition) is 3. The highest BCUT2D eigenvalue weighted by atomic mass is 35.5. The summed E-state index contributed by atoms with van der Waals surface area (Å²) in [6.45, 7) is 4.19. The van der Waals surface area contributed by atoms with Gasteiger partial charge in [0.05, 0.1) is 17.3 Å². The molecule has 1 heterocycles. The predicted octanol–water partition coefficient (Wildman–Crippen LogP) is 4.63. The Labute approximate surface area is 127 Å². The van der Waals surface area contributed by atoms with Gasteiger partial charge < -0.3 is 4.74 Å². The van der Waals surface area contributed by atoms with E-state index in [1.807, 2.05) is 13.8 Å². The van der Waals surface area contributed by atoms with Crippen molar-refractivity contribution < 1.29 is 4.74 Å². The van der Waals surface area contributed by atoms with Crippen molar-refractivity contribution in [2.45, 2.75) is 13.8 Å². The van der Waals surface area contributed by atoms with Crippen LogP contribution in [0.5, 0.6) is 5.75 Å². The maximum atomic E-state index is 9.38. The van der Waals surface area contributed by atoms with E-state index < -0.39 is 0 Å². The molecule has 0 aliphatic carbocycles. The maximum absolute atomic E-state index is 9.38. The van der Waals surface area contributed by atoms with Crippen molar-refractivity contribution in [2.24, 2.45) is 0 Å². The van der Waals surface area contributed by atoms with Gasteiger partial charge in [-0.25, -0.2) is 0 Å². The number of halogens is 2. The Hall–Kier alpha value is -1.76. The lowest BCUT2D eigenvalue weighted by atomic mass is 10.0. The van der Waals surface area contributed by atoms with Gasteiger partial charge in [0.25, 0.3) is 0 Å². The van der Waals surface area contributed by atoms with Crippen LogP contribution in [-0.4, -0.2) is 11.6 Å². The fraction of sp³-hybridized carbons (Fsp3) is 0.200. The third kappa shape index (κ3) is 2.87. The van der Waals surface area contributed by atoms with Crippen molar-refractivity contribution in [3.63, 3.8) is 0 Å². The summed E-state index contributed by atoms with van der Waals surface area (Å²) in [6, 6.07) is 8.98. The van der Waals surface area contributed by atoms with E-state index in [4.69, 9.17) is 27.9 Å². The molecule has 0 amide bonds. The number of hydrogen-bond donors (Lipinski definition) is 0. The summed E-state index contributed by atoms with van der Waals surface area (Å²) >= 11 is 12.1. The predicted molar refractivity (Wildman–Crippen MR) is 80.3 cm³/mol. The normalized spacial score (nSPS) is 10.2. The first-order valence-electron chi connectivity index (χ1n) is 6.06. The first kappa shape index (κ1) is 14.6. The van der Waals surface area contributed by atoms with Gasteiger partial charge in [0.2, 0.25) is 0 Å². The van der Waals surface area contributed by atoms with Crippen LogP contribution in [0.4, 0.5) is 0 Å². The van der Waals surface area contributed by atoms with Crippen molar-refractivity contribution >= 4 is 23.2 Å². The molecule has 5 heteroatoms. The van der Waals surface area contributed by atoms with E-state index in [2.05, 4.69) is 11.1 Å². The molecule has 0 saturated carbocycles. The van der Waals surface area contributed by atoms with Crippen molar-refractivity contribution in [1.82, 2.24) is 4.98 Å². The van der Waals surface area contributed by atoms with Gasteiger partial charge in [0.15, 0.2) is 0 Å². The van der Waals surface area contributed by atoms with Crippen LogP contribution in [0.1, 0.15) is 18.2 Å². The molecule has 1 aromatic heterocycles. The van der Waals surface area contributed by atoms with E-state index in [1.54, 1.807) is 24.3 Å². The number of ether oxygens (including phenoxy) is 1. The molecule has 0 aliphatic rings. The van der Waals surface area contributed by atoms with Crippen LogP contribution < -0.4 is 4.74 Å². The zero-order valence-electron chi connectivity index (χ0n) is 11.1. The third-order valence-electron chi connectivity index (χ3n) is 2.71. The minimum absolute atomic E-state index is 0.377. The lowest BCUT2D eigenvalue weighted by Crippen LogP contribution is -2.00. The average molecular weight is 307 g/mol. The number of rotatable bonds is 3. The van der Waals surface area contributed by atoms with Crippen LogP contribution in [0.3, 0.4) is 0 Å². The molecule has 0 bridgehead atoms. The Balaban J connectivity index is 2.70. The fourth-order valence-electron chi connectivity index (χ4n) is 1.90. The third-order valence-corrected chi connectivity index (χ3v) is 3.26. The van der Waals surface area contributed by atoms with E-state index in [0.29, 0.717) is 39.2 Å². The van der Waals surface area contributed by atoms with Gasteiger partial charge in [-0.1, -0.05) is 23.2 Å². The first-order valence-corrected chi connectivity index (χ1v) is 6.82. The molecule has 0 N–H and O–H groups in total. The Kier molecular flexibility index (Phi) is 4.49. The average Bonchev–Trinajstić information content (AvgIpc) is 2.38. The fourth-order valence-corrected chi connectivity index (χ4v) is 2.39. The van der Waals surface area contributed by atoms with Crippen molar-refractivity contribution in [2.75, 3.05) is 6.61 Å². The molecule has 0 radical (unpaired) electrons. The Bertz CT molecular complexity index is 693. The van der Waals surface area contributed by atoms with Crippen LogP contribution in [0.15, 0.2) is 24.3 Å². The van der Waals surface area contributed by atoms with Crippen LogP contribution in [0.2, 0.25) is 10.0 Å². The molecule has 2 aromatic rings. The number of pyridine rings is 1. The second-order valence-corrected chi connectivity index (χ2v) is 5.00. The van der Waals surface area contributed by atoms with E-state index >= 15 is 0 Å². The molecule has 0 unspecified atom stereocenters. The molecule has 102 valence electrons. The van der Waals surface area contributed by atoms with E-state index in [0.717, 1.165) is 5.69 Å². The van der Waals surface area contributed by atoms with Crippen molar-refractivity contribution in [3.05, 3.63) is 45.6 Å². The van der Waals surface area contributed by atoms with Gasteiger partial charge in [0, 0.05) is 22.3 Å². The van der Waals surface area contributed by atoms with Gasteiger partial charge in [0.1, 0.15) is 17.4 Å². The standard InChI is InChI=1S/C15H12Cl2N2O/c1-3-20-14-6-9(2)19-15(12(14)8-18)11-5-4-10(16)7-13(11)17/h4-7H,3H2,1-2H3. The van der Waals surface area contributed by atoms with Crippen LogP contribution in [-0.2, 0) is 0 Å². The second kappa shape index (κ2) is 6.13. The molecule has 2 rings (SSSR count). The largest absolute Gasteiger partial charge is 0.492 e. The second-order valence-electron chi connectivity index (χ2n) is 4.15. The molecular weight excluding hydrogens is 295 g/mol. The molecular formula is C15H12Cl2N2O. The molecule has 3 nitrogen and oxygen atoms in total.